The van der Waals surface area contributed by atoms with Crippen LogP contribution >= 0.6 is 0 Å². The second-order valence-corrected chi connectivity index (χ2v) is 16.0. The highest BCUT2D eigenvalue weighted by Gasteiger charge is 2.43. The van der Waals surface area contributed by atoms with Crippen molar-refractivity contribution in [3.8, 4) is 0 Å². The monoisotopic (exact) mass is 419 g/mol. The molecule has 4 nitrogen and oxygen atoms in total. The van der Waals surface area contributed by atoms with Gasteiger partial charge in [-0.1, -0.05) is 58.9 Å². The molecule has 0 aromatic heterocycles. The number of carbonyl (C=O) groups excluding carboxylic acids is 1. The number of ether oxygens (including phenoxy) is 1. The van der Waals surface area contributed by atoms with Crippen LogP contribution in [0.4, 0.5) is 4.79 Å². The number of amides is 1. The van der Waals surface area contributed by atoms with E-state index in [1.54, 1.807) is 0 Å². The van der Waals surface area contributed by atoms with Gasteiger partial charge >= 0.3 is 6.09 Å². The first-order chi connectivity index (χ1) is 13.1. The Morgan fingerprint density at radius 1 is 1.14 bits per heavy atom. The maximum absolute atomic E-state index is 13.3. The lowest BCUT2D eigenvalue weighted by Crippen LogP contribution is -2.54. The number of nitrogens with zero attached hydrogens (tertiary/aromatic N) is 1. The summed E-state index contributed by atoms with van der Waals surface area (Å²) >= 11 is 0. The van der Waals surface area contributed by atoms with Crippen LogP contribution in [0.1, 0.15) is 72.6 Å². The molecule has 0 N–H and O–H groups in total. The van der Waals surface area contributed by atoms with Crippen LogP contribution in [0.2, 0.25) is 18.1 Å². The van der Waals surface area contributed by atoms with Crippen molar-refractivity contribution in [1.29, 1.82) is 0 Å². The molecule has 0 bridgehead atoms. The van der Waals surface area contributed by atoms with Gasteiger partial charge in [0.25, 0.3) is 0 Å². The summed E-state index contributed by atoms with van der Waals surface area (Å²) in [4.78, 5) is 15.3. The number of hydrogen-bond donors (Lipinski definition) is 0. The fourth-order valence-corrected chi connectivity index (χ4v) is 4.70. The van der Waals surface area contributed by atoms with Crippen molar-refractivity contribution in [3.63, 3.8) is 0 Å². The average Bonchev–Trinajstić information content (AvgIpc) is 2.55. The summed E-state index contributed by atoms with van der Waals surface area (Å²) in [7, 11) is -1.92. The van der Waals surface area contributed by atoms with Gasteiger partial charge in [-0.3, -0.25) is 4.90 Å². The van der Waals surface area contributed by atoms with E-state index < -0.39 is 13.9 Å². The summed E-state index contributed by atoms with van der Waals surface area (Å²) in [5.41, 5.74) is 2.02. The maximum Gasteiger partial charge on any atom is 0.411 e. The second-order valence-electron chi connectivity index (χ2n) is 11.2. The minimum absolute atomic E-state index is 0.0113. The third-order valence-corrected chi connectivity index (χ3v) is 10.7. The number of hydrogen-bond acceptors (Lipinski definition) is 3. The van der Waals surface area contributed by atoms with E-state index in [2.05, 4.69) is 72.0 Å². The van der Waals surface area contributed by atoms with Gasteiger partial charge in [0.1, 0.15) is 5.60 Å². The van der Waals surface area contributed by atoms with Crippen LogP contribution in [0.25, 0.3) is 0 Å². The summed E-state index contributed by atoms with van der Waals surface area (Å²) in [6.45, 7) is 22.0. The van der Waals surface area contributed by atoms with Gasteiger partial charge in [0, 0.05) is 0 Å². The standard InChI is InChI=1S/C24H41NO3Si/c1-17(2)21-20-14-12-11-13-18(20)15-19(16-27-29(9,10)24(6,7)8)25(21)22(26)28-23(3,4)5/h11-14,17,19,21H,15-16H2,1-10H3/t19-,21+/m0/s1. The Morgan fingerprint density at radius 2 is 1.72 bits per heavy atom. The highest BCUT2D eigenvalue weighted by atomic mass is 28.4. The van der Waals surface area contributed by atoms with E-state index in [1.165, 1.54) is 11.1 Å². The molecule has 0 aliphatic carbocycles. The van der Waals surface area contributed by atoms with Crippen LogP contribution in [0, 0.1) is 5.92 Å². The van der Waals surface area contributed by atoms with Crippen molar-refractivity contribution in [2.45, 2.75) is 97.6 Å². The molecule has 1 aromatic rings. The zero-order valence-electron chi connectivity index (χ0n) is 20.1. The van der Waals surface area contributed by atoms with E-state index in [4.69, 9.17) is 9.16 Å². The molecule has 0 saturated carbocycles. The summed E-state index contributed by atoms with van der Waals surface area (Å²) in [6.07, 6.45) is 0.558. The molecular weight excluding hydrogens is 378 g/mol. The van der Waals surface area contributed by atoms with E-state index in [0.29, 0.717) is 6.61 Å². The summed E-state index contributed by atoms with van der Waals surface area (Å²) in [6, 6.07) is 8.46. The number of benzene rings is 1. The Balaban J connectivity index is 2.41. The minimum atomic E-state index is -1.92. The topological polar surface area (TPSA) is 38.8 Å². The van der Waals surface area contributed by atoms with Gasteiger partial charge in [-0.25, -0.2) is 4.79 Å². The molecular formula is C24H41NO3Si. The van der Waals surface area contributed by atoms with Gasteiger partial charge in [-0.2, -0.15) is 0 Å². The molecule has 164 valence electrons. The van der Waals surface area contributed by atoms with Crippen molar-refractivity contribution in [3.05, 3.63) is 35.4 Å². The zero-order chi connectivity index (χ0) is 22.2. The van der Waals surface area contributed by atoms with Crippen LogP contribution in [0.5, 0.6) is 0 Å². The summed E-state index contributed by atoms with van der Waals surface area (Å²) < 4.78 is 12.4. The SMILES string of the molecule is CC(C)[C@@H]1c2ccccc2C[C@@H](CO[Si](C)(C)C(C)(C)C)N1C(=O)OC(C)(C)C. The van der Waals surface area contributed by atoms with Gasteiger partial charge in [-0.15, -0.1) is 0 Å². The normalized spacial score (nSPS) is 20.6. The molecule has 2 rings (SSSR count). The first kappa shape index (κ1) is 23.9. The van der Waals surface area contributed by atoms with E-state index in [0.717, 1.165) is 6.42 Å². The van der Waals surface area contributed by atoms with Crippen molar-refractivity contribution in [2.24, 2.45) is 5.92 Å². The predicted molar refractivity (Wildman–Crippen MR) is 123 cm³/mol. The lowest BCUT2D eigenvalue weighted by Gasteiger charge is -2.46. The highest BCUT2D eigenvalue weighted by Crippen LogP contribution is 2.41. The summed E-state index contributed by atoms with van der Waals surface area (Å²) in [5, 5.41) is 0.133. The molecule has 0 saturated heterocycles. The van der Waals surface area contributed by atoms with Crippen molar-refractivity contribution < 1.29 is 14.0 Å². The maximum atomic E-state index is 13.3. The summed E-state index contributed by atoms with van der Waals surface area (Å²) in [5.74, 6) is 0.277. The lowest BCUT2D eigenvalue weighted by atomic mass is 9.83. The lowest BCUT2D eigenvalue weighted by molar-refractivity contribution is -0.0131. The van der Waals surface area contributed by atoms with Crippen LogP contribution < -0.4 is 0 Å². The molecule has 0 spiro atoms. The van der Waals surface area contributed by atoms with Gasteiger partial charge < -0.3 is 9.16 Å². The second kappa shape index (κ2) is 8.42. The van der Waals surface area contributed by atoms with Crippen LogP contribution in [-0.4, -0.2) is 37.6 Å². The Morgan fingerprint density at radius 3 is 2.24 bits per heavy atom. The molecule has 0 unspecified atom stereocenters. The number of carbonyl (C=O) groups is 1. The van der Waals surface area contributed by atoms with Crippen molar-refractivity contribution in [2.75, 3.05) is 6.61 Å². The Hall–Kier alpha value is -1.33. The van der Waals surface area contributed by atoms with E-state index in [9.17, 15) is 4.79 Å². The van der Waals surface area contributed by atoms with E-state index in [-0.39, 0.29) is 29.1 Å². The first-order valence-corrected chi connectivity index (χ1v) is 13.8. The van der Waals surface area contributed by atoms with Crippen molar-refractivity contribution >= 4 is 14.4 Å². The highest BCUT2D eigenvalue weighted by molar-refractivity contribution is 6.74. The molecule has 0 radical (unpaired) electrons. The van der Waals surface area contributed by atoms with Gasteiger partial charge in [0.05, 0.1) is 18.7 Å². The van der Waals surface area contributed by atoms with Crippen LogP contribution in [0.3, 0.4) is 0 Å². The average molecular weight is 420 g/mol. The molecule has 0 fully saturated rings. The van der Waals surface area contributed by atoms with Crippen molar-refractivity contribution in [1.82, 2.24) is 4.90 Å². The zero-order valence-corrected chi connectivity index (χ0v) is 21.1. The Bertz CT molecular complexity index is 716. The largest absolute Gasteiger partial charge is 0.444 e. The smallest absolute Gasteiger partial charge is 0.411 e. The van der Waals surface area contributed by atoms with Gasteiger partial charge in [-0.05, 0) is 62.4 Å². The third-order valence-electron chi connectivity index (χ3n) is 6.20. The molecule has 1 aliphatic rings. The predicted octanol–water partition coefficient (Wildman–Crippen LogP) is 6.57. The molecule has 1 aromatic carbocycles. The molecule has 5 heteroatoms. The number of fused-ring (bicyclic) bond motifs is 1. The van der Waals surface area contributed by atoms with Gasteiger partial charge in [0.2, 0.25) is 0 Å². The van der Waals surface area contributed by atoms with Gasteiger partial charge in [0.15, 0.2) is 8.32 Å². The third kappa shape index (κ3) is 5.63. The Kier molecular flexibility index (Phi) is 6.95. The molecule has 1 heterocycles. The van der Waals surface area contributed by atoms with E-state index >= 15 is 0 Å². The Labute approximate surface area is 179 Å². The first-order valence-electron chi connectivity index (χ1n) is 10.9. The molecule has 2 atom stereocenters. The quantitative estimate of drug-likeness (QED) is 0.518. The molecule has 29 heavy (non-hydrogen) atoms. The fourth-order valence-electron chi connectivity index (χ4n) is 3.66. The minimum Gasteiger partial charge on any atom is -0.444 e. The molecule has 1 aliphatic heterocycles. The van der Waals surface area contributed by atoms with E-state index in [1.807, 2.05) is 25.7 Å². The number of rotatable bonds is 4. The van der Waals surface area contributed by atoms with Crippen LogP contribution in [0.15, 0.2) is 24.3 Å². The fraction of sp³-hybridized carbons (Fsp3) is 0.708. The molecule has 1 amide bonds. The van der Waals surface area contributed by atoms with Crippen LogP contribution in [-0.2, 0) is 15.6 Å².